The van der Waals surface area contributed by atoms with Crippen LogP contribution >= 0.6 is 0 Å². The smallest absolute Gasteiger partial charge is 0.245 e. The summed E-state index contributed by atoms with van der Waals surface area (Å²) in [7, 11) is -3.77. The fraction of sp³-hybridized carbons (Fsp3) is 0.538. The Kier molecular flexibility index (Phi) is 4.10. The van der Waals surface area contributed by atoms with E-state index in [1.165, 1.54) is 16.4 Å². The average Bonchev–Trinajstić information content (AvgIpc) is 2.26. The third-order valence-electron chi connectivity index (χ3n) is 3.61. The third-order valence-corrected chi connectivity index (χ3v) is 5.59. The number of hydrogen-bond donors (Lipinski definition) is 1. The van der Waals surface area contributed by atoms with Crippen LogP contribution in [0.3, 0.4) is 0 Å². The van der Waals surface area contributed by atoms with Crippen molar-refractivity contribution >= 4 is 15.7 Å². The number of nitrogens with two attached hydrogens (primary N) is 1. The van der Waals surface area contributed by atoms with Crippen molar-refractivity contribution in [2.45, 2.75) is 31.1 Å². The molecule has 0 radical (unpaired) electrons. The van der Waals surface area contributed by atoms with E-state index in [0.29, 0.717) is 19.0 Å². The molecular weight excluding hydrogens is 267 g/mol. The molecule has 0 unspecified atom stereocenters. The molecule has 0 aliphatic heterocycles. The number of benzene rings is 1. The Balaban J connectivity index is 2.27. The van der Waals surface area contributed by atoms with Gasteiger partial charge in [0, 0.05) is 18.8 Å². The second kappa shape index (κ2) is 5.46. The topological polar surface area (TPSA) is 63.4 Å². The van der Waals surface area contributed by atoms with Gasteiger partial charge >= 0.3 is 0 Å². The number of halogens is 1. The van der Waals surface area contributed by atoms with Crippen LogP contribution < -0.4 is 5.73 Å². The molecule has 0 atom stereocenters. The molecule has 0 aromatic heterocycles. The molecule has 0 amide bonds. The molecule has 1 fully saturated rings. The maximum Gasteiger partial charge on any atom is 0.245 e. The van der Waals surface area contributed by atoms with Gasteiger partial charge in [-0.3, -0.25) is 0 Å². The Labute approximate surface area is 113 Å². The zero-order valence-corrected chi connectivity index (χ0v) is 11.8. The maximum atomic E-state index is 13.8. The number of nitrogen functional groups attached to an aromatic ring is 1. The molecule has 19 heavy (non-hydrogen) atoms. The molecule has 1 saturated carbocycles. The van der Waals surface area contributed by atoms with Gasteiger partial charge in [-0.2, -0.15) is 4.31 Å². The van der Waals surface area contributed by atoms with Crippen molar-refractivity contribution in [2.75, 3.05) is 18.8 Å². The number of sulfonamides is 1. The zero-order chi connectivity index (χ0) is 14.0. The van der Waals surface area contributed by atoms with Crippen LogP contribution in [0.5, 0.6) is 0 Å². The van der Waals surface area contributed by atoms with E-state index < -0.39 is 15.8 Å². The molecule has 1 aliphatic rings. The standard InChI is InChI=1S/C13H19FN2O2S/c1-2-16(9-10-4-3-5-10)19(17,18)13-7-6-11(15)8-12(13)14/h6-8,10H,2-5,9,15H2,1H3. The molecule has 2 N–H and O–H groups in total. The molecule has 0 spiro atoms. The number of anilines is 1. The van der Waals surface area contributed by atoms with Gasteiger partial charge in [0.2, 0.25) is 10.0 Å². The minimum absolute atomic E-state index is 0.221. The van der Waals surface area contributed by atoms with E-state index in [9.17, 15) is 12.8 Å². The quantitative estimate of drug-likeness (QED) is 0.844. The lowest BCUT2D eigenvalue weighted by atomic mass is 9.85. The van der Waals surface area contributed by atoms with E-state index in [1.807, 2.05) is 0 Å². The first-order valence-corrected chi connectivity index (χ1v) is 7.94. The lowest BCUT2D eigenvalue weighted by Crippen LogP contribution is -2.37. The van der Waals surface area contributed by atoms with Gasteiger partial charge in [0.15, 0.2) is 0 Å². The van der Waals surface area contributed by atoms with Crippen molar-refractivity contribution in [1.82, 2.24) is 4.31 Å². The van der Waals surface area contributed by atoms with Crippen molar-refractivity contribution < 1.29 is 12.8 Å². The highest BCUT2D eigenvalue weighted by Gasteiger charge is 2.30. The van der Waals surface area contributed by atoms with E-state index in [0.717, 1.165) is 25.3 Å². The van der Waals surface area contributed by atoms with Gasteiger partial charge in [-0.05, 0) is 37.0 Å². The van der Waals surface area contributed by atoms with E-state index in [-0.39, 0.29) is 10.6 Å². The van der Waals surface area contributed by atoms with Gasteiger partial charge in [0.05, 0.1) is 0 Å². The van der Waals surface area contributed by atoms with Crippen LogP contribution in [0, 0.1) is 11.7 Å². The molecule has 1 aromatic rings. The van der Waals surface area contributed by atoms with Crippen molar-refractivity contribution in [1.29, 1.82) is 0 Å². The summed E-state index contributed by atoms with van der Waals surface area (Å²) in [5, 5.41) is 0. The summed E-state index contributed by atoms with van der Waals surface area (Å²) in [5.41, 5.74) is 5.66. The highest BCUT2D eigenvalue weighted by molar-refractivity contribution is 7.89. The lowest BCUT2D eigenvalue weighted by Gasteiger charge is -2.31. The molecule has 1 aromatic carbocycles. The van der Waals surface area contributed by atoms with Gasteiger partial charge in [-0.15, -0.1) is 0 Å². The average molecular weight is 286 g/mol. The third kappa shape index (κ3) is 2.90. The summed E-state index contributed by atoms with van der Waals surface area (Å²) >= 11 is 0. The van der Waals surface area contributed by atoms with Gasteiger partial charge in [-0.1, -0.05) is 13.3 Å². The molecule has 1 aliphatic carbocycles. The zero-order valence-electron chi connectivity index (χ0n) is 11.0. The normalized spacial score (nSPS) is 16.6. The molecule has 0 saturated heterocycles. The minimum Gasteiger partial charge on any atom is -0.399 e. The van der Waals surface area contributed by atoms with Gasteiger partial charge in [0.1, 0.15) is 10.7 Å². The Morgan fingerprint density at radius 3 is 2.58 bits per heavy atom. The van der Waals surface area contributed by atoms with Crippen molar-refractivity contribution in [3.8, 4) is 0 Å². The fourth-order valence-electron chi connectivity index (χ4n) is 2.23. The molecule has 106 valence electrons. The SMILES string of the molecule is CCN(CC1CCC1)S(=O)(=O)c1ccc(N)cc1F. The first-order valence-electron chi connectivity index (χ1n) is 6.50. The van der Waals surface area contributed by atoms with Crippen LogP contribution in [-0.2, 0) is 10.0 Å². The lowest BCUT2D eigenvalue weighted by molar-refractivity contribution is 0.249. The summed E-state index contributed by atoms with van der Waals surface area (Å²) < 4.78 is 40.0. The number of rotatable bonds is 5. The Morgan fingerprint density at radius 2 is 2.11 bits per heavy atom. The monoisotopic (exact) mass is 286 g/mol. The van der Waals surface area contributed by atoms with Crippen molar-refractivity contribution in [3.05, 3.63) is 24.0 Å². The van der Waals surface area contributed by atoms with E-state index >= 15 is 0 Å². The summed E-state index contributed by atoms with van der Waals surface area (Å²) in [6.45, 7) is 2.59. The molecule has 0 bridgehead atoms. The largest absolute Gasteiger partial charge is 0.399 e. The molecule has 0 heterocycles. The second-order valence-electron chi connectivity index (χ2n) is 4.94. The predicted molar refractivity (Wildman–Crippen MR) is 72.6 cm³/mol. The van der Waals surface area contributed by atoms with E-state index in [1.54, 1.807) is 6.92 Å². The fourth-order valence-corrected chi connectivity index (χ4v) is 3.80. The maximum absolute atomic E-state index is 13.8. The molecular formula is C13H19FN2O2S. The summed E-state index contributed by atoms with van der Waals surface area (Å²) in [6, 6.07) is 3.70. The van der Waals surface area contributed by atoms with Gasteiger partial charge in [0.25, 0.3) is 0 Å². The number of nitrogens with zero attached hydrogens (tertiary/aromatic N) is 1. The highest BCUT2D eigenvalue weighted by Crippen LogP contribution is 2.29. The van der Waals surface area contributed by atoms with Crippen molar-refractivity contribution in [3.63, 3.8) is 0 Å². The van der Waals surface area contributed by atoms with E-state index in [4.69, 9.17) is 5.73 Å². The first kappa shape index (κ1) is 14.3. The first-order chi connectivity index (χ1) is 8.95. The minimum atomic E-state index is -3.77. The van der Waals surface area contributed by atoms with Crippen LogP contribution in [0.4, 0.5) is 10.1 Å². The Hall–Kier alpha value is -1.14. The number of hydrogen-bond acceptors (Lipinski definition) is 3. The predicted octanol–water partition coefficient (Wildman–Crippen LogP) is 2.22. The van der Waals surface area contributed by atoms with E-state index in [2.05, 4.69) is 0 Å². The van der Waals surface area contributed by atoms with Gasteiger partial charge in [-0.25, -0.2) is 12.8 Å². The van der Waals surface area contributed by atoms with Crippen LogP contribution in [0.25, 0.3) is 0 Å². The van der Waals surface area contributed by atoms with Crippen LogP contribution in [0.1, 0.15) is 26.2 Å². The second-order valence-corrected chi connectivity index (χ2v) is 6.85. The Morgan fingerprint density at radius 1 is 1.42 bits per heavy atom. The Bertz CT molecular complexity index is 556. The van der Waals surface area contributed by atoms with Crippen LogP contribution in [0.15, 0.2) is 23.1 Å². The molecule has 6 heteroatoms. The van der Waals surface area contributed by atoms with Crippen molar-refractivity contribution in [2.24, 2.45) is 5.92 Å². The molecule has 4 nitrogen and oxygen atoms in total. The van der Waals surface area contributed by atoms with Crippen LogP contribution in [0.2, 0.25) is 0 Å². The summed E-state index contributed by atoms with van der Waals surface area (Å²) in [4.78, 5) is -0.289. The molecule has 2 rings (SSSR count). The van der Waals surface area contributed by atoms with Gasteiger partial charge < -0.3 is 5.73 Å². The van der Waals surface area contributed by atoms with Crippen LogP contribution in [-0.4, -0.2) is 25.8 Å². The summed E-state index contributed by atoms with van der Waals surface area (Å²) in [6.07, 6.45) is 3.25. The summed E-state index contributed by atoms with van der Waals surface area (Å²) in [5.74, 6) is -0.376. The highest BCUT2D eigenvalue weighted by atomic mass is 32.2.